The van der Waals surface area contributed by atoms with Crippen molar-refractivity contribution in [3.05, 3.63) is 60.7 Å². The Bertz CT molecular complexity index is 445. The van der Waals surface area contributed by atoms with Crippen LogP contribution in [0, 0.1) is 0 Å². The summed E-state index contributed by atoms with van der Waals surface area (Å²) in [5.74, 6) is 0. The second kappa shape index (κ2) is 5.30. The van der Waals surface area contributed by atoms with Crippen LogP contribution in [0.25, 0.3) is 0 Å². The van der Waals surface area contributed by atoms with Crippen LogP contribution in [-0.4, -0.2) is 6.55 Å². The quantitative estimate of drug-likeness (QED) is 0.640. The number of hydrazine groups is 1. The number of para-hydroxylation sites is 2. The van der Waals surface area contributed by atoms with Crippen LogP contribution in [0.4, 0.5) is 20.2 Å². The van der Waals surface area contributed by atoms with Gasteiger partial charge in [0.2, 0.25) is 0 Å². The lowest BCUT2D eigenvalue weighted by molar-refractivity contribution is 0.148. The molecule has 0 fully saturated rings. The average Bonchev–Trinajstić information content (AvgIpc) is 2.38. The van der Waals surface area contributed by atoms with Gasteiger partial charge in [0.15, 0.2) is 0 Å². The van der Waals surface area contributed by atoms with Gasteiger partial charge in [-0.2, -0.15) is 8.78 Å². The first-order chi connectivity index (χ1) is 8.27. The maximum absolute atomic E-state index is 12.9. The van der Waals surface area contributed by atoms with Crippen LogP contribution in [0.5, 0.6) is 0 Å². The van der Waals surface area contributed by atoms with Gasteiger partial charge in [-0.3, -0.25) is 5.43 Å². The third kappa shape index (κ3) is 2.93. The molecule has 0 aliphatic rings. The zero-order chi connectivity index (χ0) is 12.1. The second-order valence-corrected chi connectivity index (χ2v) is 3.46. The van der Waals surface area contributed by atoms with Crippen molar-refractivity contribution in [3.8, 4) is 0 Å². The van der Waals surface area contributed by atoms with Gasteiger partial charge in [0.25, 0.3) is 0 Å². The number of benzene rings is 2. The van der Waals surface area contributed by atoms with Crippen molar-refractivity contribution in [3.63, 3.8) is 0 Å². The summed E-state index contributed by atoms with van der Waals surface area (Å²) in [5.41, 5.74) is 3.72. The lowest BCUT2D eigenvalue weighted by Gasteiger charge is -2.25. The van der Waals surface area contributed by atoms with Crippen molar-refractivity contribution >= 4 is 11.4 Å². The third-order valence-corrected chi connectivity index (χ3v) is 2.25. The van der Waals surface area contributed by atoms with E-state index in [1.165, 1.54) is 0 Å². The Morgan fingerprint density at radius 1 is 0.824 bits per heavy atom. The molecular weight excluding hydrogens is 222 g/mol. The summed E-state index contributed by atoms with van der Waals surface area (Å²) < 4.78 is 25.9. The molecule has 0 atom stereocenters. The lowest BCUT2D eigenvalue weighted by atomic mass is 10.3. The van der Waals surface area contributed by atoms with Crippen molar-refractivity contribution < 1.29 is 8.78 Å². The Balaban J connectivity index is 2.20. The molecule has 0 bridgehead atoms. The van der Waals surface area contributed by atoms with E-state index in [1.807, 2.05) is 6.07 Å². The largest absolute Gasteiger partial charge is 0.332 e. The van der Waals surface area contributed by atoms with Crippen LogP contribution >= 0.6 is 0 Å². The molecule has 0 aliphatic heterocycles. The first-order valence-electron chi connectivity index (χ1n) is 5.21. The minimum Gasteiger partial charge on any atom is -0.294 e. The summed E-state index contributed by atoms with van der Waals surface area (Å²) in [7, 11) is 0. The van der Waals surface area contributed by atoms with Crippen LogP contribution in [0.3, 0.4) is 0 Å². The van der Waals surface area contributed by atoms with E-state index >= 15 is 0 Å². The number of alkyl halides is 2. The Morgan fingerprint density at radius 2 is 1.35 bits per heavy atom. The van der Waals surface area contributed by atoms with E-state index < -0.39 is 6.55 Å². The molecular formula is C13H12F2N2. The molecule has 0 spiro atoms. The number of halogens is 2. The number of rotatable bonds is 4. The molecule has 2 nitrogen and oxygen atoms in total. The van der Waals surface area contributed by atoms with E-state index in [2.05, 4.69) is 5.43 Å². The fraction of sp³-hybridized carbons (Fsp3) is 0.0769. The summed E-state index contributed by atoms with van der Waals surface area (Å²) in [6.45, 7) is -2.61. The second-order valence-electron chi connectivity index (χ2n) is 3.46. The molecule has 0 radical (unpaired) electrons. The SMILES string of the molecule is FC(F)N(Nc1ccccc1)c1ccccc1. The van der Waals surface area contributed by atoms with Crippen molar-refractivity contribution in [2.75, 3.05) is 10.4 Å². The summed E-state index contributed by atoms with van der Waals surface area (Å²) in [5, 5.41) is 0.829. The smallest absolute Gasteiger partial charge is 0.294 e. The van der Waals surface area contributed by atoms with Crippen LogP contribution in [0.2, 0.25) is 0 Å². The maximum Gasteiger partial charge on any atom is 0.332 e. The highest BCUT2D eigenvalue weighted by molar-refractivity contribution is 5.54. The molecule has 2 aromatic carbocycles. The Kier molecular flexibility index (Phi) is 3.55. The number of hydrogen-bond acceptors (Lipinski definition) is 2. The van der Waals surface area contributed by atoms with Gasteiger partial charge in [0.05, 0.1) is 11.4 Å². The number of anilines is 2. The molecule has 0 aliphatic carbocycles. The van der Waals surface area contributed by atoms with Gasteiger partial charge in [-0.15, -0.1) is 0 Å². The standard InChI is InChI=1S/C13H12F2N2/c14-13(15)17(12-9-5-2-6-10-12)16-11-7-3-1-4-8-11/h1-10,13,16H. The Morgan fingerprint density at radius 3 is 1.88 bits per heavy atom. The van der Waals surface area contributed by atoms with Crippen molar-refractivity contribution in [2.24, 2.45) is 0 Å². The monoisotopic (exact) mass is 234 g/mol. The highest BCUT2D eigenvalue weighted by Gasteiger charge is 2.16. The lowest BCUT2D eigenvalue weighted by Crippen LogP contribution is -2.34. The van der Waals surface area contributed by atoms with Crippen LogP contribution < -0.4 is 10.4 Å². The highest BCUT2D eigenvalue weighted by Crippen LogP contribution is 2.19. The van der Waals surface area contributed by atoms with Gasteiger partial charge >= 0.3 is 6.55 Å². The highest BCUT2D eigenvalue weighted by atomic mass is 19.3. The molecule has 2 aromatic rings. The molecule has 0 amide bonds. The van der Waals surface area contributed by atoms with Gasteiger partial charge in [-0.05, 0) is 24.3 Å². The van der Waals surface area contributed by atoms with Gasteiger partial charge < -0.3 is 0 Å². The molecule has 1 N–H and O–H groups in total. The van der Waals surface area contributed by atoms with Gasteiger partial charge in [-0.1, -0.05) is 36.4 Å². The first-order valence-corrected chi connectivity index (χ1v) is 5.21. The normalized spacial score (nSPS) is 10.3. The van der Waals surface area contributed by atoms with Crippen molar-refractivity contribution in [1.82, 2.24) is 0 Å². The average molecular weight is 234 g/mol. The molecule has 2 rings (SSSR count). The fourth-order valence-electron chi connectivity index (χ4n) is 1.47. The number of hydrogen-bond donors (Lipinski definition) is 1. The molecule has 0 unspecified atom stereocenters. The molecule has 88 valence electrons. The predicted molar refractivity (Wildman–Crippen MR) is 65.0 cm³/mol. The topological polar surface area (TPSA) is 15.3 Å². The summed E-state index contributed by atoms with van der Waals surface area (Å²) in [6.07, 6.45) is 0. The van der Waals surface area contributed by atoms with Crippen LogP contribution in [-0.2, 0) is 0 Å². The Hall–Kier alpha value is -2.10. The number of nitrogens with zero attached hydrogens (tertiary/aromatic N) is 1. The minimum absolute atomic E-state index is 0.423. The van der Waals surface area contributed by atoms with E-state index in [0.717, 1.165) is 5.01 Å². The molecule has 0 saturated carbocycles. The Labute approximate surface area is 98.5 Å². The van der Waals surface area contributed by atoms with Gasteiger partial charge in [-0.25, -0.2) is 5.01 Å². The van der Waals surface area contributed by atoms with E-state index in [4.69, 9.17) is 0 Å². The summed E-state index contributed by atoms with van der Waals surface area (Å²) in [4.78, 5) is 0. The van der Waals surface area contributed by atoms with E-state index in [1.54, 1.807) is 54.6 Å². The zero-order valence-electron chi connectivity index (χ0n) is 9.05. The van der Waals surface area contributed by atoms with E-state index in [-0.39, 0.29) is 0 Å². The minimum atomic E-state index is -2.61. The van der Waals surface area contributed by atoms with Crippen LogP contribution in [0.1, 0.15) is 0 Å². The summed E-state index contributed by atoms with van der Waals surface area (Å²) >= 11 is 0. The van der Waals surface area contributed by atoms with Gasteiger partial charge in [0.1, 0.15) is 0 Å². The zero-order valence-corrected chi connectivity index (χ0v) is 9.05. The van der Waals surface area contributed by atoms with E-state index in [0.29, 0.717) is 11.4 Å². The maximum atomic E-state index is 12.9. The van der Waals surface area contributed by atoms with E-state index in [9.17, 15) is 8.78 Å². The van der Waals surface area contributed by atoms with Crippen LogP contribution in [0.15, 0.2) is 60.7 Å². The van der Waals surface area contributed by atoms with Crippen molar-refractivity contribution in [1.29, 1.82) is 0 Å². The third-order valence-electron chi connectivity index (χ3n) is 2.25. The molecule has 0 aromatic heterocycles. The summed E-state index contributed by atoms with van der Waals surface area (Å²) in [6, 6.07) is 17.4. The molecule has 0 heterocycles. The van der Waals surface area contributed by atoms with Crippen molar-refractivity contribution in [2.45, 2.75) is 6.55 Å². The molecule has 17 heavy (non-hydrogen) atoms. The molecule has 4 heteroatoms. The van der Waals surface area contributed by atoms with Gasteiger partial charge in [0, 0.05) is 0 Å². The fourth-order valence-corrected chi connectivity index (χ4v) is 1.47. The first kappa shape index (κ1) is 11.4. The number of nitrogens with one attached hydrogen (secondary N) is 1. The molecule has 0 saturated heterocycles. The predicted octanol–water partition coefficient (Wildman–Crippen LogP) is 3.74.